The van der Waals surface area contributed by atoms with Crippen LogP contribution in [0.15, 0.2) is 28.7 Å². The summed E-state index contributed by atoms with van der Waals surface area (Å²) in [4.78, 5) is 13.8. The highest BCUT2D eigenvalue weighted by Crippen LogP contribution is 2.28. The summed E-state index contributed by atoms with van der Waals surface area (Å²) in [7, 11) is 0. The van der Waals surface area contributed by atoms with Crippen molar-refractivity contribution in [1.82, 2.24) is 4.90 Å². The molecule has 20 heavy (non-hydrogen) atoms. The second-order valence-electron chi connectivity index (χ2n) is 5.10. The molecule has 0 spiro atoms. The van der Waals surface area contributed by atoms with E-state index in [1.54, 1.807) is 6.07 Å². The normalized spacial score (nSPS) is 20.4. The molecule has 5 heteroatoms. The predicted octanol–water partition coefficient (Wildman–Crippen LogP) is 3.07. The van der Waals surface area contributed by atoms with Gasteiger partial charge in [-0.2, -0.15) is 11.8 Å². The van der Waals surface area contributed by atoms with Crippen LogP contribution in [0.3, 0.4) is 0 Å². The van der Waals surface area contributed by atoms with Gasteiger partial charge in [0.15, 0.2) is 0 Å². The van der Waals surface area contributed by atoms with Crippen LogP contribution in [0.2, 0.25) is 0 Å². The van der Waals surface area contributed by atoms with E-state index in [0.29, 0.717) is 34.9 Å². The van der Waals surface area contributed by atoms with Gasteiger partial charge in [-0.05, 0) is 13.0 Å². The molecule has 4 nitrogen and oxygen atoms in total. The van der Waals surface area contributed by atoms with Crippen LogP contribution in [0.25, 0.3) is 11.0 Å². The fraction of sp³-hybridized carbons (Fsp3) is 0.400. The highest BCUT2D eigenvalue weighted by atomic mass is 32.2. The SMILES string of the molecule is CC1CSCCN1Cc1oc2ccccc2c1C(=O)O. The monoisotopic (exact) mass is 291 g/mol. The number of fused-ring (bicyclic) bond motifs is 1. The highest BCUT2D eigenvalue weighted by Gasteiger charge is 2.25. The number of carboxylic acid groups (broad SMARTS) is 1. The minimum atomic E-state index is -0.913. The molecule has 1 fully saturated rings. The topological polar surface area (TPSA) is 53.7 Å². The summed E-state index contributed by atoms with van der Waals surface area (Å²) in [6.45, 7) is 3.72. The lowest BCUT2D eigenvalue weighted by atomic mass is 10.1. The third kappa shape index (κ3) is 2.43. The minimum Gasteiger partial charge on any atom is -0.478 e. The maximum atomic E-state index is 11.5. The first-order valence-corrected chi connectivity index (χ1v) is 7.88. The van der Waals surface area contributed by atoms with Gasteiger partial charge >= 0.3 is 5.97 Å². The Kier molecular flexibility index (Phi) is 3.72. The molecule has 1 unspecified atom stereocenters. The fourth-order valence-corrected chi connectivity index (χ4v) is 3.70. The lowest BCUT2D eigenvalue weighted by Gasteiger charge is -2.32. The second-order valence-corrected chi connectivity index (χ2v) is 6.25. The number of furan rings is 1. The molecule has 0 aliphatic carbocycles. The van der Waals surface area contributed by atoms with Crippen LogP contribution in [-0.2, 0) is 6.54 Å². The Morgan fingerprint density at radius 1 is 1.50 bits per heavy atom. The summed E-state index contributed by atoms with van der Waals surface area (Å²) in [5.74, 6) is 1.83. The van der Waals surface area contributed by atoms with Gasteiger partial charge in [0.1, 0.15) is 16.9 Å². The summed E-state index contributed by atoms with van der Waals surface area (Å²) in [5.41, 5.74) is 0.963. The molecule has 2 aromatic rings. The van der Waals surface area contributed by atoms with Crippen LogP contribution in [0.4, 0.5) is 0 Å². The van der Waals surface area contributed by atoms with Gasteiger partial charge in [0, 0.05) is 29.5 Å². The van der Waals surface area contributed by atoms with E-state index in [9.17, 15) is 9.90 Å². The summed E-state index contributed by atoms with van der Waals surface area (Å²) < 4.78 is 5.78. The molecule has 0 amide bonds. The molecule has 1 aromatic carbocycles. The van der Waals surface area contributed by atoms with Crippen LogP contribution < -0.4 is 0 Å². The van der Waals surface area contributed by atoms with Gasteiger partial charge in [-0.1, -0.05) is 18.2 Å². The molecule has 1 N–H and O–H groups in total. The number of aromatic carboxylic acids is 1. The van der Waals surface area contributed by atoms with Crippen LogP contribution in [0, 0.1) is 0 Å². The molecule has 3 rings (SSSR count). The van der Waals surface area contributed by atoms with Crippen LogP contribution in [0.5, 0.6) is 0 Å². The van der Waals surface area contributed by atoms with E-state index < -0.39 is 5.97 Å². The van der Waals surface area contributed by atoms with Gasteiger partial charge < -0.3 is 9.52 Å². The molecular weight excluding hydrogens is 274 g/mol. The average Bonchev–Trinajstić information content (AvgIpc) is 2.79. The third-order valence-electron chi connectivity index (χ3n) is 3.73. The number of hydrogen-bond acceptors (Lipinski definition) is 4. The van der Waals surface area contributed by atoms with E-state index in [4.69, 9.17) is 4.42 Å². The Bertz CT molecular complexity index is 637. The van der Waals surface area contributed by atoms with Crippen molar-refractivity contribution in [3.05, 3.63) is 35.6 Å². The number of benzene rings is 1. The highest BCUT2D eigenvalue weighted by molar-refractivity contribution is 7.99. The maximum Gasteiger partial charge on any atom is 0.339 e. The molecular formula is C15H17NO3S. The summed E-state index contributed by atoms with van der Waals surface area (Å²) in [6.07, 6.45) is 0. The fourth-order valence-electron chi connectivity index (χ4n) is 2.62. The van der Waals surface area contributed by atoms with Crippen molar-refractivity contribution in [2.24, 2.45) is 0 Å². The number of carboxylic acids is 1. The first-order chi connectivity index (χ1) is 9.66. The van der Waals surface area contributed by atoms with Crippen LogP contribution >= 0.6 is 11.8 Å². The number of carbonyl (C=O) groups is 1. The molecule has 1 saturated heterocycles. The average molecular weight is 291 g/mol. The number of hydrogen-bond donors (Lipinski definition) is 1. The zero-order valence-electron chi connectivity index (χ0n) is 11.3. The van der Waals surface area contributed by atoms with E-state index in [-0.39, 0.29) is 0 Å². The van der Waals surface area contributed by atoms with Gasteiger partial charge in [-0.3, -0.25) is 4.90 Å². The Morgan fingerprint density at radius 2 is 2.30 bits per heavy atom. The second kappa shape index (κ2) is 5.50. The smallest absolute Gasteiger partial charge is 0.339 e. The van der Waals surface area contributed by atoms with E-state index in [2.05, 4.69) is 11.8 Å². The zero-order valence-corrected chi connectivity index (χ0v) is 12.2. The van der Waals surface area contributed by atoms with Gasteiger partial charge in [0.2, 0.25) is 0 Å². The van der Waals surface area contributed by atoms with E-state index >= 15 is 0 Å². The van der Waals surface area contributed by atoms with Gasteiger partial charge in [-0.15, -0.1) is 0 Å². The Labute approximate surface area is 121 Å². The Balaban J connectivity index is 1.98. The molecule has 1 aliphatic heterocycles. The first kappa shape index (κ1) is 13.5. The van der Waals surface area contributed by atoms with Crippen molar-refractivity contribution >= 4 is 28.7 Å². The molecule has 0 radical (unpaired) electrons. The van der Waals surface area contributed by atoms with E-state index in [0.717, 1.165) is 18.1 Å². The molecule has 1 atom stereocenters. The van der Waals surface area contributed by atoms with Crippen molar-refractivity contribution in [2.45, 2.75) is 19.5 Å². The summed E-state index contributed by atoms with van der Waals surface area (Å²) in [5, 5.41) is 10.2. The summed E-state index contributed by atoms with van der Waals surface area (Å²) >= 11 is 1.94. The Morgan fingerprint density at radius 3 is 3.05 bits per heavy atom. The molecule has 1 aromatic heterocycles. The third-order valence-corrected chi connectivity index (χ3v) is 4.92. The first-order valence-electron chi connectivity index (χ1n) is 6.72. The van der Waals surface area contributed by atoms with Crippen molar-refractivity contribution in [3.8, 4) is 0 Å². The zero-order chi connectivity index (χ0) is 14.1. The molecule has 0 saturated carbocycles. The van der Waals surface area contributed by atoms with Gasteiger partial charge in [-0.25, -0.2) is 4.79 Å². The van der Waals surface area contributed by atoms with Crippen molar-refractivity contribution < 1.29 is 14.3 Å². The van der Waals surface area contributed by atoms with Crippen LogP contribution in [0.1, 0.15) is 23.0 Å². The predicted molar refractivity (Wildman–Crippen MR) is 80.4 cm³/mol. The molecule has 1 aliphatic rings. The summed E-state index contributed by atoms with van der Waals surface area (Å²) in [6, 6.07) is 7.78. The standard InChI is InChI=1S/C15H17NO3S/c1-10-9-20-7-6-16(10)8-13-14(15(17)18)11-4-2-3-5-12(11)19-13/h2-5,10H,6-9H2,1H3,(H,17,18). The van der Waals surface area contributed by atoms with E-state index in [1.807, 2.05) is 30.0 Å². The molecule has 106 valence electrons. The minimum absolute atomic E-state index is 0.311. The van der Waals surface area contributed by atoms with E-state index in [1.165, 1.54) is 0 Å². The van der Waals surface area contributed by atoms with Gasteiger partial charge in [0.05, 0.1) is 6.54 Å². The molecule has 2 heterocycles. The number of thioether (sulfide) groups is 1. The maximum absolute atomic E-state index is 11.5. The quantitative estimate of drug-likeness (QED) is 0.942. The number of rotatable bonds is 3. The Hall–Kier alpha value is -1.46. The number of nitrogens with zero attached hydrogens (tertiary/aromatic N) is 1. The number of para-hydroxylation sites is 1. The lowest BCUT2D eigenvalue weighted by molar-refractivity contribution is 0.0693. The van der Waals surface area contributed by atoms with Crippen molar-refractivity contribution in [3.63, 3.8) is 0 Å². The van der Waals surface area contributed by atoms with Gasteiger partial charge in [0.25, 0.3) is 0 Å². The largest absolute Gasteiger partial charge is 0.478 e. The molecule has 0 bridgehead atoms. The van der Waals surface area contributed by atoms with Crippen molar-refractivity contribution in [2.75, 3.05) is 18.1 Å². The van der Waals surface area contributed by atoms with Crippen molar-refractivity contribution in [1.29, 1.82) is 0 Å². The van der Waals surface area contributed by atoms with Crippen LogP contribution in [-0.4, -0.2) is 40.1 Å². The lowest BCUT2D eigenvalue weighted by Crippen LogP contribution is -2.39.